The topological polar surface area (TPSA) is 105 Å². The van der Waals surface area contributed by atoms with E-state index in [1.807, 2.05) is 0 Å². The van der Waals surface area contributed by atoms with Gasteiger partial charge in [-0.3, -0.25) is 4.18 Å². The van der Waals surface area contributed by atoms with Crippen LogP contribution in [0.25, 0.3) is 0 Å². The second kappa shape index (κ2) is 6.88. The predicted molar refractivity (Wildman–Crippen MR) is 69.3 cm³/mol. The molecule has 0 N–H and O–H groups in total. The van der Waals surface area contributed by atoms with Crippen LogP contribution < -0.4 is 8.92 Å². The number of rotatable bonds is 8. The van der Waals surface area contributed by atoms with Crippen molar-refractivity contribution in [1.29, 1.82) is 0 Å². The summed E-state index contributed by atoms with van der Waals surface area (Å²) in [7, 11) is -6.64. The molecule has 0 amide bonds. The van der Waals surface area contributed by atoms with Crippen LogP contribution in [-0.4, -0.2) is 43.4 Å². The molecule has 0 spiro atoms. The van der Waals surface area contributed by atoms with Crippen LogP contribution in [0.4, 0.5) is 0 Å². The van der Waals surface area contributed by atoms with E-state index in [1.165, 1.54) is 18.2 Å². The summed E-state index contributed by atoms with van der Waals surface area (Å²) in [5.74, 6) is 0.305. The Hall–Kier alpha value is -1.36. The predicted octanol–water partition coefficient (Wildman–Crippen LogP) is 0.312. The van der Waals surface area contributed by atoms with Crippen LogP contribution in [0.3, 0.4) is 0 Å². The summed E-state index contributed by atoms with van der Waals surface area (Å²) in [6, 6.07) is 5.77. The van der Waals surface area contributed by atoms with Crippen LogP contribution in [0.5, 0.6) is 11.5 Å². The average Bonchev–Trinajstić information content (AvgIpc) is 2.34. The van der Waals surface area contributed by atoms with Crippen LogP contribution in [0.2, 0.25) is 0 Å². The van der Waals surface area contributed by atoms with Gasteiger partial charge >= 0.3 is 10.4 Å². The quantitative estimate of drug-likeness (QED) is 0.496. The molecule has 0 radical (unpaired) electrons. The zero-order valence-electron chi connectivity index (χ0n) is 10.8. The van der Waals surface area contributed by atoms with Gasteiger partial charge in [0.15, 0.2) is 0 Å². The molecule has 114 valence electrons. The number of hydrogen-bond donors (Lipinski definition) is 0. The van der Waals surface area contributed by atoms with E-state index >= 15 is 0 Å². The number of ether oxygens (including phenoxy) is 1. The third-order valence-electron chi connectivity index (χ3n) is 1.86. The highest BCUT2D eigenvalue weighted by Crippen LogP contribution is 2.20. The summed E-state index contributed by atoms with van der Waals surface area (Å²) in [6.45, 7) is -0.173. The monoisotopic (exact) mass is 326 g/mol. The molecule has 20 heavy (non-hydrogen) atoms. The first-order valence-corrected chi connectivity index (χ1v) is 8.44. The Morgan fingerprint density at radius 1 is 1.05 bits per heavy atom. The van der Waals surface area contributed by atoms with E-state index < -0.39 is 20.5 Å². The molecule has 0 aromatic heterocycles. The molecule has 0 unspecified atom stereocenters. The molecule has 10 heteroatoms. The minimum absolute atomic E-state index is 0.00776. The van der Waals surface area contributed by atoms with Gasteiger partial charge < -0.3 is 8.92 Å². The van der Waals surface area contributed by atoms with Gasteiger partial charge in [-0.1, -0.05) is 6.07 Å². The van der Waals surface area contributed by atoms with Gasteiger partial charge in [-0.2, -0.15) is 16.8 Å². The summed E-state index contributed by atoms with van der Waals surface area (Å²) in [5.41, 5.74) is 0. The van der Waals surface area contributed by atoms with Gasteiger partial charge in [-0.05, 0) is 12.1 Å². The van der Waals surface area contributed by atoms with Crippen LogP contribution in [0.15, 0.2) is 24.3 Å². The molecule has 0 aliphatic heterocycles. The van der Waals surface area contributed by atoms with Gasteiger partial charge in [-0.25, -0.2) is 4.18 Å². The molecule has 1 aromatic carbocycles. The fourth-order valence-corrected chi connectivity index (χ4v) is 1.89. The van der Waals surface area contributed by atoms with Gasteiger partial charge in [0.1, 0.15) is 24.7 Å². The van der Waals surface area contributed by atoms with Gasteiger partial charge in [0.25, 0.3) is 10.1 Å². The molecular weight excluding hydrogens is 312 g/mol. The van der Waals surface area contributed by atoms with E-state index in [-0.39, 0.29) is 19.0 Å². The lowest BCUT2D eigenvalue weighted by Gasteiger charge is -2.08. The Labute approximate surface area is 117 Å². The second-order valence-corrected chi connectivity index (χ2v) is 6.47. The van der Waals surface area contributed by atoms with Crippen molar-refractivity contribution in [2.45, 2.75) is 0 Å². The maximum atomic E-state index is 11.1. The van der Waals surface area contributed by atoms with Crippen molar-refractivity contribution in [2.75, 3.05) is 26.6 Å². The van der Waals surface area contributed by atoms with E-state index in [0.717, 1.165) is 13.4 Å². The fourth-order valence-electron chi connectivity index (χ4n) is 1.11. The summed E-state index contributed by atoms with van der Waals surface area (Å²) >= 11 is 0. The Bertz CT molecular complexity index is 635. The third kappa shape index (κ3) is 6.70. The number of benzene rings is 1. The largest absolute Gasteiger partial charge is 0.491 e. The molecule has 1 aromatic rings. The van der Waals surface area contributed by atoms with Crippen LogP contribution in [0, 0.1) is 0 Å². The summed E-state index contributed by atoms with van der Waals surface area (Å²) in [6.07, 6.45) is 0.928. The van der Waals surface area contributed by atoms with Crippen LogP contribution in [-0.2, 0) is 28.9 Å². The molecule has 0 aliphatic rings. The highest BCUT2D eigenvalue weighted by atomic mass is 32.3. The van der Waals surface area contributed by atoms with E-state index in [0.29, 0.717) is 5.75 Å². The Kier molecular flexibility index (Phi) is 5.74. The van der Waals surface area contributed by atoms with E-state index in [4.69, 9.17) is 4.74 Å². The molecule has 0 atom stereocenters. The second-order valence-electron chi connectivity index (χ2n) is 3.51. The minimum atomic E-state index is -4.09. The van der Waals surface area contributed by atoms with Crippen molar-refractivity contribution in [3.63, 3.8) is 0 Å². The number of hydrogen-bond acceptors (Lipinski definition) is 8. The fraction of sp³-hybridized carbons (Fsp3) is 0.400. The van der Waals surface area contributed by atoms with Crippen molar-refractivity contribution in [3.05, 3.63) is 24.3 Å². The lowest BCUT2D eigenvalue weighted by atomic mass is 10.3. The van der Waals surface area contributed by atoms with Gasteiger partial charge in [0, 0.05) is 6.07 Å². The lowest BCUT2D eigenvalue weighted by molar-refractivity contribution is 0.222. The average molecular weight is 326 g/mol. The molecule has 0 saturated heterocycles. The lowest BCUT2D eigenvalue weighted by Crippen LogP contribution is -2.12. The maximum Gasteiger partial charge on any atom is 0.448 e. The molecule has 0 aliphatic carbocycles. The van der Waals surface area contributed by atoms with E-state index in [1.54, 1.807) is 6.07 Å². The molecular formula is C10H14O8S2. The summed E-state index contributed by atoms with van der Waals surface area (Å²) < 4.78 is 62.0. The maximum absolute atomic E-state index is 11.1. The normalized spacial score (nSPS) is 12.1. The van der Waals surface area contributed by atoms with Gasteiger partial charge in [0.2, 0.25) is 0 Å². The van der Waals surface area contributed by atoms with Crippen molar-refractivity contribution in [1.82, 2.24) is 0 Å². The van der Waals surface area contributed by atoms with Crippen molar-refractivity contribution >= 4 is 20.5 Å². The molecule has 0 fully saturated rings. The highest BCUT2D eigenvalue weighted by molar-refractivity contribution is 7.86. The summed E-state index contributed by atoms with van der Waals surface area (Å²) in [4.78, 5) is 0. The Morgan fingerprint density at radius 3 is 2.30 bits per heavy atom. The standard InChI is InChI=1S/C10H14O8S2/c1-15-20(13,14)18-10-5-3-4-9(8-10)16-6-7-17-19(2,11)12/h3-5,8H,6-7H2,1-2H3. The molecule has 1 rings (SSSR count). The van der Waals surface area contributed by atoms with Crippen LogP contribution >= 0.6 is 0 Å². The Morgan fingerprint density at radius 2 is 1.70 bits per heavy atom. The first kappa shape index (κ1) is 16.7. The van der Waals surface area contributed by atoms with Crippen LogP contribution in [0.1, 0.15) is 0 Å². The third-order valence-corrected chi connectivity index (χ3v) is 3.26. The molecule has 0 saturated carbocycles. The van der Waals surface area contributed by atoms with Gasteiger partial charge in [-0.15, -0.1) is 0 Å². The zero-order valence-corrected chi connectivity index (χ0v) is 12.4. The first-order valence-electron chi connectivity index (χ1n) is 5.29. The molecule has 0 bridgehead atoms. The van der Waals surface area contributed by atoms with Gasteiger partial charge in [0.05, 0.1) is 13.4 Å². The zero-order chi connectivity index (χ0) is 15.2. The first-order chi connectivity index (χ1) is 9.22. The highest BCUT2D eigenvalue weighted by Gasteiger charge is 2.11. The van der Waals surface area contributed by atoms with E-state index in [2.05, 4.69) is 12.5 Å². The van der Waals surface area contributed by atoms with Crippen molar-refractivity contribution in [2.24, 2.45) is 0 Å². The summed E-state index contributed by atoms with van der Waals surface area (Å²) in [5, 5.41) is 0. The minimum Gasteiger partial charge on any atom is -0.491 e. The van der Waals surface area contributed by atoms with Crippen molar-refractivity contribution < 1.29 is 34.1 Å². The smallest absolute Gasteiger partial charge is 0.448 e. The Balaban J connectivity index is 2.56. The molecule has 0 heterocycles. The SMILES string of the molecule is COS(=O)(=O)Oc1cccc(OCCOS(C)(=O)=O)c1. The molecule has 8 nitrogen and oxygen atoms in total. The van der Waals surface area contributed by atoms with Crippen molar-refractivity contribution in [3.8, 4) is 11.5 Å². The van der Waals surface area contributed by atoms with E-state index in [9.17, 15) is 16.8 Å².